The second-order valence-electron chi connectivity index (χ2n) is 6.31. The fraction of sp³-hybridized carbons (Fsp3) is 0.800. The molecule has 2 unspecified atom stereocenters. The van der Waals surface area contributed by atoms with E-state index in [2.05, 4.69) is 16.7 Å². The minimum absolute atomic E-state index is 0.00535. The minimum Gasteiger partial charge on any atom is -0.356 e. The van der Waals surface area contributed by atoms with Crippen molar-refractivity contribution in [2.75, 3.05) is 6.54 Å². The molecule has 0 aromatic heterocycles. The van der Waals surface area contributed by atoms with Crippen molar-refractivity contribution in [3.63, 3.8) is 0 Å². The van der Waals surface area contributed by atoms with Gasteiger partial charge in [0.2, 0.25) is 11.8 Å². The summed E-state index contributed by atoms with van der Waals surface area (Å²) in [6.45, 7) is 0.407. The second kappa shape index (κ2) is 6.90. The lowest BCUT2D eigenvalue weighted by atomic mass is 9.84. The highest BCUT2D eigenvalue weighted by Gasteiger charge is 2.38. The molecular formula is C15H24N4O2. The first-order chi connectivity index (χ1) is 10.0. The van der Waals surface area contributed by atoms with Crippen molar-refractivity contribution in [3.05, 3.63) is 0 Å². The molecule has 2 aliphatic rings. The van der Waals surface area contributed by atoms with Gasteiger partial charge in [0.25, 0.3) is 0 Å². The van der Waals surface area contributed by atoms with Gasteiger partial charge in [-0.3, -0.25) is 9.59 Å². The van der Waals surface area contributed by atoms with Gasteiger partial charge in [0.15, 0.2) is 0 Å². The Morgan fingerprint density at radius 1 is 1.48 bits per heavy atom. The Bertz CT molecular complexity index is 439. The molecule has 2 amide bonds. The van der Waals surface area contributed by atoms with Gasteiger partial charge in [-0.1, -0.05) is 32.1 Å². The van der Waals surface area contributed by atoms with Crippen LogP contribution in [-0.4, -0.2) is 29.9 Å². The van der Waals surface area contributed by atoms with Crippen LogP contribution in [0.3, 0.4) is 0 Å². The summed E-state index contributed by atoms with van der Waals surface area (Å²) in [6, 6.07) is 1.49. The summed E-state index contributed by atoms with van der Waals surface area (Å²) >= 11 is 0. The third kappa shape index (κ3) is 4.18. The maximum absolute atomic E-state index is 12.2. The van der Waals surface area contributed by atoms with E-state index in [1.807, 2.05) is 0 Å². The summed E-state index contributed by atoms with van der Waals surface area (Å²) in [5, 5.41) is 14.7. The van der Waals surface area contributed by atoms with Crippen molar-refractivity contribution in [1.29, 1.82) is 5.26 Å². The smallest absolute Gasteiger partial charge is 0.238 e. The number of rotatable bonds is 4. The zero-order valence-corrected chi connectivity index (χ0v) is 12.4. The minimum atomic E-state index is -1.09. The van der Waals surface area contributed by atoms with Gasteiger partial charge in [0.05, 0.1) is 18.5 Å². The van der Waals surface area contributed by atoms with E-state index in [-0.39, 0.29) is 18.2 Å². The molecule has 21 heavy (non-hydrogen) atoms. The molecule has 4 N–H and O–H groups in total. The molecule has 1 aliphatic heterocycles. The first kappa shape index (κ1) is 15.8. The van der Waals surface area contributed by atoms with Crippen LogP contribution in [0, 0.1) is 17.2 Å². The first-order valence-electron chi connectivity index (χ1n) is 7.80. The zero-order chi connectivity index (χ0) is 15.3. The molecule has 1 heterocycles. The number of nitrogens with two attached hydrogens (primary N) is 1. The Kier molecular flexibility index (Phi) is 5.18. The number of amides is 2. The molecule has 6 heteroatoms. The fourth-order valence-electron chi connectivity index (χ4n) is 3.29. The maximum atomic E-state index is 12.2. The molecule has 0 aromatic rings. The third-order valence-corrected chi connectivity index (χ3v) is 4.56. The van der Waals surface area contributed by atoms with Crippen molar-refractivity contribution >= 4 is 11.8 Å². The highest BCUT2D eigenvalue weighted by Crippen LogP contribution is 2.27. The van der Waals surface area contributed by atoms with Crippen molar-refractivity contribution in [1.82, 2.24) is 10.6 Å². The van der Waals surface area contributed by atoms with Crippen LogP contribution < -0.4 is 16.4 Å². The van der Waals surface area contributed by atoms with E-state index < -0.39 is 11.6 Å². The van der Waals surface area contributed by atoms with Gasteiger partial charge in [0, 0.05) is 13.0 Å². The topological polar surface area (TPSA) is 108 Å². The molecule has 0 spiro atoms. The van der Waals surface area contributed by atoms with Crippen molar-refractivity contribution in [2.45, 2.75) is 62.9 Å². The molecule has 1 saturated carbocycles. The predicted molar refractivity (Wildman–Crippen MR) is 77.9 cm³/mol. The SMILES string of the molecule is N#CC1(NC(=O)C(N)CC2CCCCC2)CCNC(=O)C1. The van der Waals surface area contributed by atoms with Gasteiger partial charge < -0.3 is 16.4 Å². The fourth-order valence-corrected chi connectivity index (χ4v) is 3.29. The summed E-state index contributed by atoms with van der Waals surface area (Å²) in [5.41, 5.74) is 4.90. The van der Waals surface area contributed by atoms with Crippen molar-refractivity contribution < 1.29 is 9.59 Å². The molecule has 2 rings (SSSR count). The molecule has 0 aromatic carbocycles. The number of hydrogen-bond acceptors (Lipinski definition) is 4. The molecule has 0 radical (unpaired) electrons. The molecule has 1 saturated heterocycles. The Labute approximate surface area is 125 Å². The average Bonchev–Trinajstić information content (AvgIpc) is 2.48. The molecule has 0 bridgehead atoms. The van der Waals surface area contributed by atoms with Crippen LogP contribution in [0.15, 0.2) is 0 Å². The van der Waals surface area contributed by atoms with Crippen LogP contribution in [0.1, 0.15) is 51.4 Å². The predicted octanol–water partition coefficient (Wildman–Crippen LogP) is 0.573. The van der Waals surface area contributed by atoms with Crippen LogP contribution in [0.4, 0.5) is 0 Å². The number of carbonyl (C=O) groups excluding carboxylic acids is 2. The number of piperidine rings is 1. The number of hydrogen-bond donors (Lipinski definition) is 3. The van der Waals surface area contributed by atoms with Gasteiger partial charge in [-0.05, 0) is 12.3 Å². The lowest BCUT2D eigenvalue weighted by Crippen LogP contribution is -2.58. The molecule has 1 aliphatic carbocycles. The number of nitrogens with zero attached hydrogens (tertiary/aromatic N) is 1. The molecule has 2 atom stereocenters. The lowest BCUT2D eigenvalue weighted by Gasteiger charge is -2.33. The van der Waals surface area contributed by atoms with Gasteiger partial charge in [-0.15, -0.1) is 0 Å². The quantitative estimate of drug-likeness (QED) is 0.704. The second-order valence-corrected chi connectivity index (χ2v) is 6.31. The van der Waals surface area contributed by atoms with Crippen molar-refractivity contribution in [2.24, 2.45) is 11.7 Å². The van der Waals surface area contributed by atoms with E-state index in [0.717, 1.165) is 12.8 Å². The Morgan fingerprint density at radius 3 is 2.81 bits per heavy atom. The number of nitriles is 1. The van der Waals surface area contributed by atoms with Gasteiger partial charge >= 0.3 is 0 Å². The summed E-state index contributed by atoms with van der Waals surface area (Å²) in [7, 11) is 0. The average molecular weight is 292 g/mol. The lowest BCUT2D eigenvalue weighted by molar-refractivity contribution is -0.127. The van der Waals surface area contributed by atoms with E-state index in [1.165, 1.54) is 19.3 Å². The number of nitrogens with one attached hydrogen (secondary N) is 2. The standard InChI is InChI=1S/C15H24N4O2/c16-10-15(6-7-18-13(20)9-15)19-14(21)12(17)8-11-4-2-1-3-5-11/h11-12H,1-9,17H2,(H,18,20)(H,19,21). The van der Waals surface area contributed by atoms with E-state index in [4.69, 9.17) is 5.73 Å². The summed E-state index contributed by atoms with van der Waals surface area (Å²) in [4.78, 5) is 23.7. The normalized spacial score (nSPS) is 28.3. The van der Waals surface area contributed by atoms with Crippen LogP contribution in [-0.2, 0) is 9.59 Å². The zero-order valence-electron chi connectivity index (χ0n) is 12.4. The summed E-state index contributed by atoms with van der Waals surface area (Å²) in [6.07, 6.45) is 7.05. The van der Waals surface area contributed by atoms with Crippen molar-refractivity contribution in [3.8, 4) is 6.07 Å². The Morgan fingerprint density at radius 2 is 2.19 bits per heavy atom. The highest BCUT2D eigenvalue weighted by atomic mass is 16.2. The molecule has 116 valence electrons. The van der Waals surface area contributed by atoms with E-state index >= 15 is 0 Å². The molecule has 2 fully saturated rings. The third-order valence-electron chi connectivity index (χ3n) is 4.56. The highest BCUT2D eigenvalue weighted by molar-refractivity contribution is 5.85. The molecule has 6 nitrogen and oxygen atoms in total. The van der Waals surface area contributed by atoms with Gasteiger partial charge in [-0.25, -0.2) is 0 Å². The van der Waals surface area contributed by atoms with Crippen LogP contribution in [0.2, 0.25) is 0 Å². The van der Waals surface area contributed by atoms with Gasteiger partial charge in [0.1, 0.15) is 5.54 Å². The maximum Gasteiger partial charge on any atom is 0.238 e. The molecular weight excluding hydrogens is 268 g/mol. The largest absolute Gasteiger partial charge is 0.356 e. The number of carbonyl (C=O) groups is 2. The summed E-state index contributed by atoms with van der Waals surface area (Å²) in [5.74, 6) is -0.00651. The monoisotopic (exact) mass is 292 g/mol. The van der Waals surface area contributed by atoms with Crippen LogP contribution in [0.25, 0.3) is 0 Å². The van der Waals surface area contributed by atoms with Crippen LogP contribution in [0.5, 0.6) is 0 Å². The van der Waals surface area contributed by atoms with E-state index in [1.54, 1.807) is 0 Å². The Balaban J connectivity index is 1.89. The summed E-state index contributed by atoms with van der Waals surface area (Å²) < 4.78 is 0. The Hall–Kier alpha value is -1.61. The van der Waals surface area contributed by atoms with Gasteiger partial charge in [-0.2, -0.15) is 5.26 Å². The van der Waals surface area contributed by atoms with Crippen LogP contribution >= 0.6 is 0 Å². The van der Waals surface area contributed by atoms with E-state index in [0.29, 0.717) is 25.3 Å². The first-order valence-corrected chi connectivity index (χ1v) is 7.80. The van der Waals surface area contributed by atoms with E-state index in [9.17, 15) is 14.9 Å².